The summed E-state index contributed by atoms with van der Waals surface area (Å²) in [6, 6.07) is 51.0. The first-order valence-corrected chi connectivity index (χ1v) is 16.6. The summed E-state index contributed by atoms with van der Waals surface area (Å²) in [5, 5.41) is 16.3. The fourth-order valence-corrected chi connectivity index (χ4v) is 10.1. The van der Waals surface area contributed by atoms with Gasteiger partial charge in [0.1, 0.15) is 5.82 Å². The molecule has 4 nitrogen and oxygen atoms in total. The fourth-order valence-electron chi connectivity index (χ4n) is 7.12. The molecule has 1 unspecified atom stereocenters. The molecule has 0 radical (unpaired) electrons. The predicted octanol–water partition coefficient (Wildman–Crippen LogP) is 8.49. The van der Waals surface area contributed by atoms with Crippen molar-refractivity contribution >= 4 is 55.6 Å². The SMILES string of the molecule is N#Cc1ccc(-c2c3ccccc3c(-c3nc4cccc5c4n3-c3ccccc3P5(=O)c3ccccc3)c3ccccc23)cc1. The maximum absolute atomic E-state index is 15.4. The van der Waals surface area contributed by atoms with E-state index < -0.39 is 7.14 Å². The minimum Gasteiger partial charge on any atom is -0.308 e. The summed E-state index contributed by atoms with van der Waals surface area (Å²) < 4.78 is 17.7. The van der Waals surface area contributed by atoms with Gasteiger partial charge < -0.3 is 4.57 Å². The number of benzene rings is 7. The first-order valence-electron chi connectivity index (χ1n) is 14.9. The van der Waals surface area contributed by atoms with Crippen LogP contribution < -0.4 is 15.9 Å². The Kier molecular flexibility index (Phi) is 5.50. The third kappa shape index (κ3) is 3.53. The van der Waals surface area contributed by atoms with E-state index >= 15 is 4.57 Å². The van der Waals surface area contributed by atoms with Gasteiger partial charge in [0, 0.05) is 21.5 Å². The largest absolute Gasteiger partial charge is 0.308 e. The Morgan fingerprint density at radius 2 is 1.16 bits per heavy atom. The molecule has 5 heteroatoms. The molecule has 210 valence electrons. The Morgan fingerprint density at radius 1 is 0.578 bits per heavy atom. The summed E-state index contributed by atoms with van der Waals surface area (Å²) in [5.74, 6) is 0.822. The van der Waals surface area contributed by atoms with E-state index in [2.05, 4.69) is 65.2 Å². The lowest BCUT2D eigenvalue weighted by molar-refractivity contribution is 0.592. The smallest absolute Gasteiger partial charge is 0.175 e. The molecular weight excluding hydrogens is 569 g/mol. The number of fused-ring (bicyclic) bond motifs is 4. The molecule has 45 heavy (non-hydrogen) atoms. The minimum absolute atomic E-state index is 0.634. The lowest BCUT2D eigenvalue weighted by Crippen LogP contribution is -2.32. The van der Waals surface area contributed by atoms with Crippen molar-refractivity contribution in [2.45, 2.75) is 0 Å². The zero-order chi connectivity index (χ0) is 30.1. The lowest BCUT2D eigenvalue weighted by Gasteiger charge is -2.29. The van der Waals surface area contributed by atoms with Crippen LogP contribution in [0.3, 0.4) is 0 Å². The molecule has 0 N–H and O–H groups in total. The summed E-state index contributed by atoms with van der Waals surface area (Å²) in [6.07, 6.45) is 0. The van der Waals surface area contributed by atoms with Gasteiger partial charge >= 0.3 is 0 Å². The van der Waals surface area contributed by atoms with Gasteiger partial charge in [-0.15, -0.1) is 0 Å². The molecule has 9 rings (SSSR count). The predicted molar refractivity (Wildman–Crippen MR) is 185 cm³/mol. The van der Waals surface area contributed by atoms with Crippen LogP contribution in [0.2, 0.25) is 0 Å². The molecule has 7 aromatic carbocycles. The van der Waals surface area contributed by atoms with Crippen LogP contribution in [0.1, 0.15) is 5.56 Å². The van der Waals surface area contributed by atoms with Crippen LogP contribution in [0, 0.1) is 11.3 Å². The Balaban J connectivity index is 1.44. The van der Waals surface area contributed by atoms with Crippen LogP contribution in [0.5, 0.6) is 0 Å². The van der Waals surface area contributed by atoms with Gasteiger partial charge in [-0.05, 0) is 69.1 Å². The van der Waals surface area contributed by atoms with Crippen molar-refractivity contribution in [2.24, 2.45) is 0 Å². The van der Waals surface area contributed by atoms with Gasteiger partial charge in [0.15, 0.2) is 7.14 Å². The first kappa shape index (κ1) is 25.7. The Morgan fingerprint density at radius 3 is 1.82 bits per heavy atom. The van der Waals surface area contributed by atoms with Crippen molar-refractivity contribution in [2.75, 3.05) is 0 Å². The molecule has 1 aliphatic heterocycles. The second-order valence-electron chi connectivity index (χ2n) is 11.4. The summed E-state index contributed by atoms with van der Waals surface area (Å²) in [7, 11) is -3.18. The quantitative estimate of drug-likeness (QED) is 0.153. The summed E-state index contributed by atoms with van der Waals surface area (Å²) in [4.78, 5) is 5.34. The molecule has 2 heterocycles. The molecule has 0 saturated heterocycles. The van der Waals surface area contributed by atoms with Crippen LogP contribution in [0.15, 0.2) is 146 Å². The van der Waals surface area contributed by atoms with Gasteiger partial charge in [-0.25, -0.2) is 4.98 Å². The molecule has 1 aliphatic rings. The topological polar surface area (TPSA) is 58.7 Å². The van der Waals surface area contributed by atoms with Crippen molar-refractivity contribution in [3.8, 4) is 34.3 Å². The van der Waals surface area contributed by atoms with Gasteiger partial charge in [-0.3, -0.25) is 4.57 Å². The number of nitrogens with zero attached hydrogens (tertiary/aromatic N) is 3. The molecule has 1 aromatic heterocycles. The molecule has 0 amide bonds. The van der Waals surface area contributed by atoms with Crippen molar-refractivity contribution in [1.82, 2.24) is 9.55 Å². The zero-order valence-electron chi connectivity index (χ0n) is 24.1. The highest BCUT2D eigenvalue weighted by molar-refractivity contribution is 7.86. The Hall–Kier alpha value is -5.75. The Bertz CT molecular complexity index is 2520. The average Bonchev–Trinajstić information content (AvgIpc) is 3.49. The third-order valence-electron chi connectivity index (χ3n) is 9.03. The number of nitriles is 1. The molecule has 0 aliphatic carbocycles. The van der Waals surface area contributed by atoms with Gasteiger partial charge in [0.2, 0.25) is 0 Å². The summed E-state index contributed by atoms with van der Waals surface area (Å²) >= 11 is 0. The van der Waals surface area contributed by atoms with Crippen molar-refractivity contribution in [3.63, 3.8) is 0 Å². The van der Waals surface area contributed by atoms with Crippen LogP contribution in [-0.2, 0) is 4.57 Å². The lowest BCUT2D eigenvalue weighted by atomic mass is 9.88. The average molecular weight is 594 g/mol. The zero-order valence-corrected chi connectivity index (χ0v) is 24.9. The number of imidazole rings is 1. The molecular formula is C40H24N3OP. The second-order valence-corrected chi connectivity index (χ2v) is 14.1. The third-order valence-corrected chi connectivity index (χ3v) is 12.2. The maximum Gasteiger partial charge on any atom is 0.175 e. The minimum atomic E-state index is -3.18. The van der Waals surface area contributed by atoms with Crippen molar-refractivity contribution in [1.29, 1.82) is 5.26 Å². The van der Waals surface area contributed by atoms with E-state index in [0.29, 0.717) is 5.56 Å². The highest BCUT2D eigenvalue weighted by atomic mass is 31.2. The van der Waals surface area contributed by atoms with E-state index in [1.165, 1.54) is 0 Å². The highest BCUT2D eigenvalue weighted by Crippen LogP contribution is 2.51. The molecule has 8 aromatic rings. The van der Waals surface area contributed by atoms with E-state index in [4.69, 9.17) is 4.98 Å². The van der Waals surface area contributed by atoms with Gasteiger partial charge in [-0.2, -0.15) is 5.26 Å². The van der Waals surface area contributed by atoms with Crippen LogP contribution in [0.25, 0.3) is 60.8 Å². The number of aromatic nitrogens is 2. The maximum atomic E-state index is 15.4. The molecule has 0 fully saturated rings. The number of hydrogen-bond acceptors (Lipinski definition) is 3. The summed E-state index contributed by atoms with van der Waals surface area (Å²) in [5.41, 5.74) is 6.45. The first-order chi connectivity index (χ1) is 22.2. The van der Waals surface area contributed by atoms with Crippen molar-refractivity contribution in [3.05, 3.63) is 151 Å². The highest BCUT2D eigenvalue weighted by Gasteiger charge is 2.40. The van der Waals surface area contributed by atoms with E-state index in [9.17, 15) is 5.26 Å². The Labute approximate surface area is 259 Å². The van der Waals surface area contributed by atoms with E-state index in [0.717, 1.165) is 76.7 Å². The van der Waals surface area contributed by atoms with Gasteiger partial charge in [0.05, 0.1) is 28.4 Å². The normalized spacial score (nSPS) is 15.3. The molecule has 1 atom stereocenters. The monoisotopic (exact) mass is 593 g/mol. The van der Waals surface area contributed by atoms with Gasteiger partial charge in [0.25, 0.3) is 0 Å². The second kappa shape index (κ2) is 9.63. The van der Waals surface area contributed by atoms with E-state index in [-0.39, 0.29) is 0 Å². The standard InChI is InChI=1S/C40H24N3OP/c41-25-26-21-23-27(24-22-26)37-29-13-4-6-15-31(29)38(32-16-7-5-14-30(32)37)40-42-33-17-10-20-36-39(33)43(40)34-18-8-9-19-35(34)45(36,44)28-11-2-1-3-12-28/h1-24H. The van der Waals surface area contributed by atoms with Gasteiger partial charge in [-0.1, -0.05) is 109 Å². The molecule has 0 bridgehead atoms. The van der Waals surface area contributed by atoms with E-state index in [1.54, 1.807) is 0 Å². The van der Waals surface area contributed by atoms with Crippen LogP contribution in [-0.4, -0.2) is 9.55 Å². The van der Waals surface area contributed by atoms with Crippen LogP contribution >= 0.6 is 7.14 Å². The van der Waals surface area contributed by atoms with Crippen molar-refractivity contribution < 1.29 is 4.57 Å². The van der Waals surface area contributed by atoms with E-state index in [1.807, 2.05) is 91.0 Å². The number of hydrogen-bond donors (Lipinski definition) is 0. The molecule has 0 spiro atoms. The molecule has 0 saturated carbocycles. The fraction of sp³-hybridized carbons (Fsp3) is 0. The summed E-state index contributed by atoms with van der Waals surface area (Å²) in [6.45, 7) is 0. The number of para-hydroxylation sites is 2. The van der Waals surface area contributed by atoms with Crippen LogP contribution in [0.4, 0.5) is 0 Å². The number of rotatable bonds is 3.